The standard InChI is InChI=1S/C62H63NO8/c1-5-13-53(14-6-1)41-64-45-68-59-33-35-61(70-47-66-43-55-17-9-3-10-18-55)57(37-59)31-29-49-21-25-51(26-22-49)39-63-40-52-27-23-50(24-28-52)30-32-58-38-60(69-46-65-42-54-15-7-2-8-16-54)34-36-62(58)71-48-67-44-56-19-11-4-12-20-56/h1-28,33-38,63H,29-32,39-48H2. The summed E-state index contributed by atoms with van der Waals surface area (Å²) in [5.74, 6) is 3.02. The SMILES string of the molecule is c1ccc(COCOc2ccc(OCOCc3ccccc3)c(CCc3ccc(CNCc4ccc(CCc5cc(OCOCc6ccccc6)ccc5OCOCc5ccccc5)cc4)cc3)c2)cc1. The minimum absolute atomic E-state index is 0.149. The van der Waals surface area contributed by atoms with E-state index in [2.05, 4.69) is 53.8 Å². The van der Waals surface area contributed by atoms with Crippen molar-refractivity contribution in [3.8, 4) is 23.0 Å². The Labute approximate surface area is 418 Å². The fourth-order valence-electron chi connectivity index (χ4n) is 7.89. The van der Waals surface area contributed by atoms with Gasteiger partial charge >= 0.3 is 0 Å². The lowest BCUT2D eigenvalue weighted by Crippen LogP contribution is -2.12. The number of benzene rings is 8. The van der Waals surface area contributed by atoms with Crippen LogP contribution in [0.15, 0.2) is 206 Å². The molecule has 0 unspecified atom stereocenters. The molecule has 8 aromatic rings. The van der Waals surface area contributed by atoms with Gasteiger partial charge in [-0.05, 0) is 118 Å². The van der Waals surface area contributed by atoms with Crippen molar-refractivity contribution in [2.45, 2.75) is 65.2 Å². The molecule has 0 aliphatic heterocycles. The zero-order valence-electron chi connectivity index (χ0n) is 40.3. The lowest BCUT2D eigenvalue weighted by Gasteiger charge is -2.15. The van der Waals surface area contributed by atoms with Gasteiger partial charge in [0.25, 0.3) is 0 Å². The van der Waals surface area contributed by atoms with E-state index in [0.717, 1.165) is 95.2 Å². The number of hydrogen-bond donors (Lipinski definition) is 1. The highest BCUT2D eigenvalue weighted by Crippen LogP contribution is 2.28. The van der Waals surface area contributed by atoms with Crippen LogP contribution in [0, 0.1) is 0 Å². The molecular formula is C62H63NO8. The van der Waals surface area contributed by atoms with Gasteiger partial charge in [0.1, 0.15) is 23.0 Å². The summed E-state index contributed by atoms with van der Waals surface area (Å²) in [4.78, 5) is 0. The molecule has 0 bridgehead atoms. The Balaban J connectivity index is 0.792. The molecular weight excluding hydrogens is 887 g/mol. The molecule has 0 aromatic heterocycles. The van der Waals surface area contributed by atoms with E-state index in [4.69, 9.17) is 37.9 Å². The Kier molecular flexibility index (Phi) is 20.1. The highest BCUT2D eigenvalue weighted by atomic mass is 16.7. The summed E-state index contributed by atoms with van der Waals surface area (Å²) in [5, 5.41) is 3.62. The van der Waals surface area contributed by atoms with E-state index in [9.17, 15) is 0 Å². The molecule has 8 aromatic carbocycles. The monoisotopic (exact) mass is 949 g/mol. The van der Waals surface area contributed by atoms with Gasteiger partial charge < -0.3 is 43.2 Å². The third-order valence-electron chi connectivity index (χ3n) is 11.8. The van der Waals surface area contributed by atoms with E-state index < -0.39 is 0 Å². The molecule has 0 atom stereocenters. The molecule has 0 amide bonds. The van der Waals surface area contributed by atoms with E-state index >= 15 is 0 Å². The van der Waals surface area contributed by atoms with Gasteiger partial charge in [-0.15, -0.1) is 0 Å². The van der Waals surface area contributed by atoms with Gasteiger partial charge in [-0.3, -0.25) is 0 Å². The molecule has 0 aliphatic carbocycles. The van der Waals surface area contributed by atoms with Crippen LogP contribution in [0.5, 0.6) is 23.0 Å². The summed E-state index contributed by atoms with van der Waals surface area (Å²) in [7, 11) is 0. The first-order valence-corrected chi connectivity index (χ1v) is 24.3. The van der Waals surface area contributed by atoms with Crippen LogP contribution < -0.4 is 24.3 Å². The molecule has 0 fully saturated rings. The minimum Gasteiger partial charge on any atom is -0.468 e. The smallest absolute Gasteiger partial charge is 0.189 e. The highest BCUT2D eigenvalue weighted by Gasteiger charge is 2.11. The predicted octanol–water partition coefficient (Wildman–Crippen LogP) is 12.8. The molecule has 71 heavy (non-hydrogen) atoms. The first kappa shape index (κ1) is 50.2. The van der Waals surface area contributed by atoms with E-state index in [1.807, 2.05) is 158 Å². The van der Waals surface area contributed by atoms with Gasteiger partial charge in [0.15, 0.2) is 27.2 Å². The van der Waals surface area contributed by atoms with E-state index in [1.54, 1.807) is 0 Å². The average molecular weight is 950 g/mol. The van der Waals surface area contributed by atoms with Crippen LogP contribution in [0.4, 0.5) is 0 Å². The quantitative estimate of drug-likeness (QED) is 0.0350. The topological polar surface area (TPSA) is 85.9 Å². The summed E-state index contributed by atoms with van der Waals surface area (Å²) >= 11 is 0. The maximum absolute atomic E-state index is 6.15. The summed E-state index contributed by atoms with van der Waals surface area (Å²) in [5.41, 5.74) is 11.5. The second-order valence-corrected chi connectivity index (χ2v) is 17.2. The number of hydrogen-bond acceptors (Lipinski definition) is 9. The second kappa shape index (κ2) is 28.4. The Morgan fingerprint density at radius 2 is 0.577 bits per heavy atom. The van der Waals surface area contributed by atoms with Crippen molar-refractivity contribution >= 4 is 0 Å². The third-order valence-corrected chi connectivity index (χ3v) is 11.8. The van der Waals surface area contributed by atoms with Crippen LogP contribution in [0.3, 0.4) is 0 Å². The molecule has 0 heterocycles. The molecule has 1 N–H and O–H groups in total. The van der Waals surface area contributed by atoms with E-state index in [-0.39, 0.29) is 27.2 Å². The normalized spacial score (nSPS) is 11.0. The van der Waals surface area contributed by atoms with Gasteiger partial charge in [0.2, 0.25) is 0 Å². The number of rotatable bonds is 30. The van der Waals surface area contributed by atoms with E-state index in [1.165, 1.54) is 22.3 Å². The first-order valence-electron chi connectivity index (χ1n) is 24.3. The molecule has 0 saturated carbocycles. The van der Waals surface area contributed by atoms with Crippen LogP contribution in [-0.4, -0.2) is 27.2 Å². The summed E-state index contributed by atoms with van der Waals surface area (Å²) < 4.78 is 47.6. The van der Waals surface area contributed by atoms with Gasteiger partial charge in [-0.1, -0.05) is 170 Å². The Morgan fingerprint density at radius 1 is 0.268 bits per heavy atom. The summed E-state index contributed by atoms with van der Waals surface area (Å²) in [6.45, 7) is 4.07. The molecule has 0 radical (unpaired) electrons. The highest BCUT2D eigenvalue weighted by molar-refractivity contribution is 5.42. The van der Waals surface area contributed by atoms with Crippen LogP contribution in [0.2, 0.25) is 0 Å². The van der Waals surface area contributed by atoms with Gasteiger partial charge in [-0.25, -0.2) is 0 Å². The second-order valence-electron chi connectivity index (χ2n) is 17.2. The average Bonchev–Trinajstić information content (AvgIpc) is 3.42. The Morgan fingerprint density at radius 3 is 0.915 bits per heavy atom. The number of aryl methyl sites for hydroxylation is 4. The lowest BCUT2D eigenvalue weighted by molar-refractivity contribution is 0.00249. The van der Waals surface area contributed by atoms with Crippen molar-refractivity contribution in [2.24, 2.45) is 0 Å². The van der Waals surface area contributed by atoms with E-state index in [0.29, 0.717) is 26.4 Å². The Hall–Kier alpha value is -7.24. The lowest BCUT2D eigenvalue weighted by atomic mass is 10.0. The predicted molar refractivity (Wildman–Crippen MR) is 278 cm³/mol. The summed E-state index contributed by atoms with van der Waals surface area (Å²) in [6, 6.07) is 69.8. The van der Waals surface area contributed by atoms with Crippen LogP contribution in [0.1, 0.15) is 55.6 Å². The number of ether oxygens (including phenoxy) is 8. The van der Waals surface area contributed by atoms with Gasteiger partial charge in [-0.2, -0.15) is 0 Å². The Bertz CT molecular complexity index is 2530. The van der Waals surface area contributed by atoms with Crippen LogP contribution >= 0.6 is 0 Å². The zero-order chi connectivity index (χ0) is 48.4. The van der Waals surface area contributed by atoms with Crippen molar-refractivity contribution in [3.63, 3.8) is 0 Å². The molecule has 0 spiro atoms. The van der Waals surface area contributed by atoms with Crippen molar-refractivity contribution in [1.29, 1.82) is 0 Å². The van der Waals surface area contributed by atoms with Crippen LogP contribution in [-0.2, 0) is 84.1 Å². The van der Waals surface area contributed by atoms with Crippen LogP contribution in [0.25, 0.3) is 0 Å². The largest absolute Gasteiger partial charge is 0.468 e. The molecule has 9 heteroatoms. The summed E-state index contributed by atoms with van der Waals surface area (Å²) in [6.07, 6.45) is 3.23. The molecule has 0 saturated heterocycles. The molecule has 9 nitrogen and oxygen atoms in total. The van der Waals surface area contributed by atoms with Crippen molar-refractivity contribution in [3.05, 3.63) is 262 Å². The first-order chi connectivity index (χ1) is 35.2. The molecule has 0 aliphatic rings. The number of nitrogens with one attached hydrogen (secondary N) is 1. The van der Waals surface area contributed by atoms with Crippen molar-refractivity contribution < 1.29 is 37.9 Å². The third kappa shape index (κ3) is 17.6. The fourth-order valence-corrected chi connectivity index (χ4v) is 7.89. The van der Waals surface area contributed by atoms with Crippen molar-refractivity contribution in [1.82, 2.24) is 5.32 Å². The maximum Gasteiger partial charge on any atom is 0.189 e. The van der Waals surface area contributed by atoms with Gasteiger partial charge in [0, 0.05) is 13.1 Å². The zero-order valence-corrected chi connectivity index (χ0v) is 40.3. The van der Waals surface area contributed by atoms with Crippen molar-refractivity contribution in [2.75, 3.05) is 27.2 Å². The minimum atomic E-state index is 0.149. The fraction of sp³-hybridized carbons (Fsp3) is 0.226. The molecule has 8 rings (SSSR count). The molecule has 364 valence electrons. The van der Waals surface area contributed by atoms with Gasteiger partial charge in [0.05, 0.1) is 26.4 Å². The maximum atomic E-state index is 6.15.